The van der Waals surface area contributed by atoms with Gasteiger partial charge in [0.1, 0.15) is 17.1 Å². The summed E-state index contributed by atoms with van der Waals surface area (Å²) in [7, 11) is 1.80. The third-order valence-electron chi connectivity index (χ3n) is 5.82. The van der Waals surface area contributed by atoms with E-state index in [1.165, 1.54) is 0 Å². The third-order valence-corrected chi connectivity index (χ3v) is 6.11. The van der Waals surface area contributed by atoms with Crippen LogP contribution in [0, 0.1) is 0 Å². The molecule has 178 valence electrons. The quantitative estimate of drug-likeness (QED) is 0.438. The van der Waals surface area contributed by atoms with Gasteiger partial charge in [-0.25, -0.2) is 9.97 Å². The van der Waals surface area contributed by atoms with Gasteiger partial charge in [0.25, 0.3) is 0 Å². The van der Waals surface area contributed by atoms with E-state index in [4.69, 9.17) is 17.3 Å². The first-order valence-corrected chi connectivity index (χ1v) is 11.6. The number of pyridine rings is 1. The molecular formula is C24H23ClN8O2. The number of anilines is 2. The van der Waals surface area contributed by atoms with Gasteiger partial charge in [0.15, 0.2) is 11.6 Å². The van der Waals surface area contributed by atoms with Crippen LogP contribution in [-0.2, 0) is 16.6 Å². The number of nitrogens with two attached hydrogens (primary N) is 1. The summed E-state index contributed by atoms with van der Waals surface area (Å²) in [6, 6.07) is 9.18. The molecule has 1 aliphatic rings. The smallest absolute Gasteiger partial charge is 0.245 e. The number of nitrogen functional groups attached to an aromatic ring is 1. The van der Waals surface area contributed by atoms with E-state index in [-0.39, 0.29) is 24.1 Å². The van der Waals surface area contributed by atoms with Gasteiger partial charge < -0.3 is 16.0 Å². The highest BCUT2D eigenvalue weighted by atomic mass is 35.5. The molecule has 1 saturated heterocycles. The van der Waals surface area contributed by atoms with Crippen molar-refractivity contribution in [3.8, 4) is 22.6 Å². The van der Waals surface area contributed by atoms with Crippen LogP contribution in [0.2, 0.25) is 5.02 Å². The molecule has 1 fully saturated rings. The Balaban J connectivity index is 1.56. The van der Waals surface area contributed by atoms with Crippen molar-refractivity contribution in [2.75, 3.05) is 24.1 Å². The summed E-state index contributed by atoms with van der Waals surface area (Å²) in [6.07, 6.45) is 5.64. The van der Waals surface area contributed by atoms with Crippen LogP contribution in [0.3, 0.4) is 0 Å². The second-order valence-electron chi connectivity index (χ2n) is 8.38. The fraction of sp³-hybridized carbons (Fsp3) is 0.250. The van der Waals surface area contributed by atoms with Gasteiger partial charge in [-0.2, -0.15) is 5.10 Å². The molecule has 5 rings (SSSR count). The number of rotatable bonds is 5. The van der Waals surface area contributed by atoms with Gasteiger partial charge in [0, 0.05) is 43.4 Å². The minimum absolute atomic E-state index is 0.0314. The largest absolute Gasteiger partial charge is 0.381 e. The number of aryl methyl sites for hydroxylation is 1. The Labute approximate surface area is 206 Å². The Morgan fingerprint density at radius 1 is 1.20 bits per heavy atom. The first-order chi connectivity index (χ1) is 16.9. The number of piperidine rings is 1. The van der Waals surface area contributed by atoms with E-state index in [2.05, 4.69) is 25.4 Å². The molecule has 0 radical (unpaired) electrons. The van der Waals surface area contributed by atoms with E-state index in [0.29, 0.717) is 46.2 Å². The number of aromatic nitrogens is 5. The first kappa shape index (κ1) is 22.7. The minimum Gasteiger partial charge on any atom is -0.381 e. The maximum absolute atomic E-state index is 12.7. The van der Waals surface area contributed by atoms with Crippen molar-refractivity contribution in [1.29, 1.82) is 0 Å². The summed E-state index contributed by atoms with van der Waals surface area (Å²) >= 11 is 6.53. The van der Waals surface area contributed by atoms with E-state index >= 15 is 0 Å². The van der Waals surface area contributed by atoms with E-state index in [1.807, 2.05) is 18.2 Å². The van der Waals surface area contributed by atoms with Crippen molar-refractivity contribution in [2.45, 2.75) is 19.3 Å². The lowest BCUT2D eigenvalue weighted by Gasteiger charge is -2.26. The maximum Gasteiger partial charge on any atom is 0.245 e. The van der Waals surface area contributed by atoms with Crippen LogP contribution in [-0.4, -0.2) is 54.5 Å². The van der Waals surface area contributed by atoms with Crippen LogP contribution < -0.4 is 11.1 Å². The summed E-state index contributed by atoms with van der Waals surface area (Å²) in [6.45, 7) is 0.492. The van der Waals surface area contributed by atoms with Crippen molar-refractivity contribution < 1.29 is 9.59 Å². The number of halogens is 1. The lowest BCUT2D eigenvalue weighted by Crippen LogP contribution is -2.41. The summed E-state index contributed by atoms with van der Waals surface area (Å²) in [5.41, 5.74) is 9.02. The Kier molecular flexibility index (Phi) is 6.04. The van der Waals surface area contributed by atoms with Gasteiger partial charge in [-0.3, -0.25) is 19.3 Å². The molecule has 1 aromatic carbocycles. The average Bonchev–Trinajstić information content (AvgIpc) is 3.27. The molecule has 0 unspecified atom stereocenters. The third kappa shape index (κ3) is 4.65. The summed E-state index contributed by atoms with van der Waals surface area (Å²) in [5, 5.41) is 8.46. The molecule has 0 aliphatic carbocycles. The standard InChI is InChI=1S/C24H23ClN8O2/c1-32-10-7-17(31-32)22-21(15-11-14-5-4-8-27-20(14)16(25)12-15)30-24(23(26)29-22)28-18(34)13-33-9-3-2-6-19(33)35/h4-5,7-8,10-12H,2-3,6,9,13H2,1H3,(H2,26,29)(H,28,30,34). The summed E-state index contributed by atoms with van der Waals surface area (Å²) in [5.74, 6) is -0.271. The first-order valence-electron chi connectivity index (χ1n) is 11.2. The zero-order valence-electron chi connectivity index (χ0n) is 19.0. The number of nitrogens with zero attached hydrogens (tertiary/aromatic N) is 6. The number of fused-ring (bicyclic) bond motifs is 1. The zero-order chi connectivity index (χ0) is 24.5. The second-order valence-corrected chi connectivity index (χ2v) is 8.79. The van der Waals surface area contributed by atoms with Crippen LogP contribution in [0.25, 0.3) is 33.5 Å². The zero-order valence-corrected chi connectivity index (χ0v) is 19.8. The molecule has 0 spiro atoms. The molecule has 3 N–H and O–H groups in total. The Bertz CT molecular complexity index is 1450. The molecule has 2 amide bonds. The SMILES string of the molecule is Cn1ccc(-c2nc(N)c(NC(=O)CN3CCCCC3=O)nc2-c2cc(Cl)c3ncccc3c2)n1. The molecule has 10 nitrogen and oxygen atoms in total. The monoisotopic (exact) mass is 490 g/mol. The normalized spacial score (nSPS) is 13.9. The van der Waals surface area contributed by atoms with E-state index < -0.39 is 5.91 Å². The second kappa shape index (κ2) is 9.30. The topological polar surface area (TPSA) is 132 Å². The lowest BCUT2D eigenvalue weighted by molar-refractivity contribution is -0.136. The molecular weight excluding hydrogens is 468 g/mol. The fourth-order valence-electron chi connectivity index (χ4n) is 4.12. The Hall–Kier alpha value is -4.05. The van der Waals surface area contributed by atoms with Crippen molar-refractivity contribution in [2.24, 2.45) is 7.05 Å². The molecule has 4 heterocycles. The fourth-order valence-corrected chi connectivity index (χ4v) is 4.40. The highest BCUT2D eigenvalue weighted by Gasteiger charge is 2.23. The molecule has 4 aromatic rings. The molecule has 0 saturated carbocycles. The molecule has 1 aliphatic heterocycles. The van der Waals surface area contributed by atoms with E-state index in [9.17, 15) is 9.59 Å². The van der Waals surface area contributed by atoms with Gasteiger partial charge in [-0.1, -0.05) is 17.7 Å². The van der Waals surface area contributed by atoms with Crippen molar-refractivity contribution in [3.05, 3.63) is 47.7 Å². The Morgan fingerprint density at radius 2 is 2.06 bits per heavy atom. The van der Waals surface area contributed by atoms with Crippen LogP contribution in [0.4, 0.5) is 11.6 Å². The number of hydrogen-bond donors (Lipinski definition) is 2. The van der Waals surface area contributed by atoms with Gasteiger partial charge in [0.2, 0.25) is 11.8 Å². The number of nitrogens with one attached hydrogen (secondary N) is 1. The number of carbonyl (C=O) groups excluding carboxylic acids is 2. The number of likely N-dealkylation sites (tertiary alicyclic amines) is 1. The van der Waals surface area contributed by atoms with Crippen LogP contribution >= 0.6 is 11.6 Å². The van der Waals surface area contributed by atoms with Crippen LogP contribution in [0.5, 0.6) is 0 Å². The number of benzene rings is 1. The van der Waals surface area contributed by atoms with Crippen LogP contribution in [0.15, 0.2) is 42.7 Å². The Morgan fingerprint density at radius 3 is 2.83 bits per heavy atom. The van der Waals surface area contributed by atoms with Gasteiger partial charge >= 0.3 is 0 Å². The van der Waals surface area contributed by atoms with E-state index in [0.717, 1.165) is 18.2 Å². The number of amides is 2. The molecule has 3 aromatic heterocycles. The van der Waals surface area contributed by atoms with Gasteiger partial charge in [-0.05, 0) is 37.1 Å². The van der Waals surface area contributed by atoms with Gasteiger partial charge in [-0.15, -0.1) is 0 Å². The highest BCUT2D eigenvalue weighted by molar-refractivity contribution is 6.35. The van der Waals surface area contributed by atoms with E-state index in [1.54, 1.807) is 41.2 Å². The molecule has 11 heteroatoms. The molecule has 0 atom stereocenters. The van der Waals surface area contributed by atoms with Crippen molar-refractivity contribution in [3.63, 3.8) is 0 Å². The summed E-state index contributed by atoms with van der Waals surface area (Å²) < 4.78 is 1.65. The van der Waals surface area contributed by atoms with Gasteiger partial charge in [0.05, 0.1) is 17.1 Å². The predicted octanol–water partition coefficient (Wildman–Crippen LogP) is 3.28. The summed E-state index contributed by atoms with van der Waals surface area (Å²) in [4.78, 5) is 39.9. The number of hydrogen-bond acceptors (Lipinski definition) is 7. The van der Waals surface area contributed by atoms with Crippen molar-refractivity contribution in [1.82, 2.24) is 29.6 Å². The minimum atomic E-state index is -0.390. The highest BCUT2D eigenvalue weighted by Crippen LogP contribution is 2.35. The maximum atomic E-state index is 12.7. The van der Waals surface area contributed by atoms with Crippen LogP contribution in [0.1, 0.15) is 19.3 Å². The predicted molar refractivity (Wildman–Crippen MR) is 133 cm³/mol. The lowest BCUT2D eigenvalue weighted by atomic mass is 10.0. The number of carbonyl (C=O) groups is 2. The molecule has 35 heavy (non-hydrogen) atoms. The van der Waals surface area contributed by atoms with Crippen molar-refractivity contribution >= 4 is 46.0 Å². The average molecular weight is 491 g/mol. The molecule has 0 bridgehead atoms.